The molecule has 5 rings (SSSR count). The molecule has 7 nitrogen and oxygen atoms in total. The number of nitrogens with zero attached hydrogens (tertiary/aromatic N) is 3. The lowest BCUT2D eigenvalue weighted by molar-refractivity contribution is 0.100. The van der Waals surface area contributed by atoms with Crippen LogP contribution in [0.15, 0.2) is 78.0 Å². The first-order chi connectivity index (χ1) is 15.4. The average Bonchev–Trinajstić information content (AvgIpc) is 3.21. The molecule has 2 aromatic heterocycles. The van der Waals surface area contributed by atoms with Crippen molar-refractivity contribution in [3.63, 3.8) is 0 Å². The predicted molar refractivity (Wildman–Crippen MR) is 127 cm³/mol. The molecule has 0 spiro atoms. The summed E-state index contributed by atoms with van der Waals surface area (Å²) in [5, 5.41) is 5.00. The van der Waals surface area contributed by atoms with Crippen LogP contribution in [0.5, 0.6) is 0 Å². The average molecular weight is 423 g/mol. The third kappa shape index (κ3) is 3.30. The molecule has 3 N–H and O–H groups in total. The first-order valence-corrected chi connectivity index (χ1v) is 10.1. The van der Waals surface area contributed by atoms with Gasteiger partial charge < -0.3 is 20.2 Å². The van der Waals surface area contributed by atoms with Crippen molar-refractivity contribution in [1.82, 2.24) is 14.1 Å². The number of carbonyl (C=O) groups is 1. The van der Waals surface area contributed by atoms with Crippen molar-refractivity contribution < 1.29 is 4.79 Å². The molecule has 0 radical (unpaired) electrons. The molecule has 0 bridgehead atoms. The van der Waals surface area contributed by atoms with E-state index in [2.05, 4.69) is 10.3 Å². The number of fused-ring (bicyclic) bond motifs is 2. The van der Waals surface area contributed by atoms with E-state index in [1.165, 1.54) is 10.9 Å². The summed E-state index contributed by atoms with van der Waals surface area (Å²) in [5.74, 6) is -0.456. The highest BCUT2D eigenvalue weighted by molar-refractivity contribution is 5.97. The Bertz CT molecular complexity index is 1580. The highest BCUT2D eigenvalue weighted by atomic mass is 16.1. The van der Waals surface area contributed by atoms with E-state index in [1.807, 2.05) is 66.2 Å². The molecule has 0 saturated carbocycles. The molecule has 5 aromatic rings. The maximum absolute atomic E-state index is 12.5. The number of nitrogens with two attached hydrogens (primary N) is 1. The summed E-state index contributed by atoms with van der Waals surface area (Å²) in [6, 6.07) is 19.1. The Morgan fingerprint density at radius 3 is 2.69 bits per heavy atom. The second-order valence-corrected chi connectivity index (χ2v) is 7.84. The van der Waals surface area contributed by atoms with Gasteiger partial charge in [-0.05, 0) is 66.4 Å². The molecule has 1 amide bonds. The van der Waals surface area contributed by atoms with E-state index in [9.17, 15) is 9.59 Å². The predicted octanol–water partition coefficient (Wildman–Crippen LogP) is 4.03. The van der Waals surface area contributed by atoms with Crippen LogP contribution in [0.25, 0.3) is 27.5 Å². The van der Waals surface area contributed by atoms with Crippen molar-refractivity contribution >= 4 is 39.1 Å². The van der Waals surface area contributed by atoms with E-state index in [0.29, 0.717) is 16.5 Å². The maximum atomic E-state index is 12.5. The number of anilines is 2. The number of aryl methyl sites for hydroxylation is 2. The molecule has 7 heteroatoms. The van der Waals surface area contributed by atoms with Gasteiger partial charge in [0, 0.05) is 35.9 Å². The van der Waals surface area contributed by atoms with Crippen LogP contribution in [-0.4, -0.2) is 20.0 Å². The van der Waals surface area contributed by atoms with Crippen LogP contribution in [0.3, 0.4) is 0 Å². The number of rotatable bonds is 4. The van der Waals surface area contributed by atoms with Gasteiger partial charge in [-0.25, -0.2) is 4.98 Å². The lowest BCUT2D eigenvalue weighted by Crippen LogP contribution is -2.16. The minimum Gasteiger partial charge on any atom is -0.366 e. The van der Waals surface area contributed by atoms with Gasteiger partial charge in [-0.2, -0.15) is 0 Å². The van der Waals surface area contributed by atoms with Crippen LogP contribution in [0.2, 0.25) is 0 Å². The van der Waals surface area contributed by atoms with Gasteiger partial charge in [0.05, 0.1) is 22.7 Å². The summed E-state index contributed by atoms with van der Waals surface area (Å²) in [6.07, 6.45) is 3.49. The monoisotopic (exact) mass is 423 g/mol. The molecule has 0 aliphatic rings. The van der Waals surface area contributed by atoms with Crippen LogP contribution in [0, 0.1) is 6.92 Å². The molecule has 0 aliphatic carbocycles. The molecular formula is C25H21N5O2. The van der Waals surface area contributed by atoms with E-state index in [4.69, 9.17) is 5.73 Å². The van der Waals surface area contributed by atoms with E-state index < -0.39 is 5.91 Å². The molecule has 0 aliphatic heterocycles. The molecule has 32 heavy (non-hydrogen) atoms. The van der Waals surface area contributed by atoms with Crippen molar-refractivity contribution in [2.45, 2.75) is 6.92 Å². The van der Waals surface area contributed by atoms with Crippen LogP contribution < -0.4 is 16.6 Å². The van der Waals surface area contributed by atoms with Crippen molar-refractivity contribution in [2.24, 2.45) is 12.8 Å². The summed E-state index contributed by atoms with van der Waals surface area (Å²) in [5.41, 5.74) is 11.1. The topological polar surface area (TPSA) is 94.9 Å². The Morgan fingerprint density at radius 2 is 1.88 bits per heavy atom. The lowest BCUT2D eigenvalue weighted by Gasteiger charge is -2.14. The standard InChI is InChI=1S/C25H21N5O2/c1-15-3-7-19(30-10-9-16-4-5-17(24(26)31)11-23(16)30)13-22(15)28-18-6-8-21-20(12-18)25(32)29(2)14-27-21/h3-14,28H,1-2H3,(H2,26,31). The zero-order valence-electron chi connectivity index (χ0n) is 17.7. The zero-order chi connectivity index (χ0) is 22.4. The van der Waals surface area contributed by atoms with Crippen LogP contribution in [0.4, 0.5) is 11.4 Å². The number of hydrogen-bond donors (Lipinski definition) is 2. The van der Waals surface area contributed by atoms with Gasteiger partial charge in [0.25, 0.3) is 5.56 Å². The first-order valence-electron chi connectivity index (χ1n) is 10.1. The summed E-state index contributed by atoms with van der Waals surface area (Å²) >= 11 is 0. The molecule has 0 unspecified atom stereocenters. The highest BCUT2D eigenvalue weighted by Crippen LogP contribution is 2.28. The SMILES string of the molecule is Cc1ccc(-n2ccc3ccc(C(N)=O)cc32)cc1Nc1ccc2ncn(C)c(=O)c2c1. The van der Waals surface area contributed by atoms with Crippen molar-refractivity contribution in [3.05, 3.63) is 94.7 Å². The van der Waals surface area contributed by atoms with Crippen LogP contribution in [-0.2, 0) is 7.05 Å². The van der Waals surface area contributed by atoms with Gasteiger partial charge in [-0.15, -0.1) is 0 Å². The maximum Gasteiger partial charge on any atom is 0.260 e. The molecule has 158 valence electrons. The quantitative estimate of drug-likeness (QED) is 0.456. The van der Waals surface area contributed by atoms with Gasteiger partial charge >= 0.3 is 0 Å². The van der Waals surface area contributed by atoms with E-state index >= 15 is 0 Å². The molecule has 0 atom stereocenters. The number of nitrogens with one attached hydrogen (secondary N) is 1. The van der Waals surface area contributed by atoms with Gasteiger partial charge in [0.2, 0.25) is 5.91 Å². The molecule has 0 fully saturated rings. The molecular weight excluding hydrogens is 402 g/mol. The van der Waals surface area contributed by atoms with Gasteiger partial charge in [0.1, 0.15) is 0 Å². The highest BCUT2D eigenvalue weighted by Gasteiger charge is 2.10. The Kier molecular flexibility index (Phi) is 4.52. The van der Waals surface area contributed by atoms with Crippen molar-refractivity contribution in [1.29, 1.82) is 0 Å². The number of benzene rings is 3. The van der Waals surface area contributed by atoms with Gasteiger partial charge in [0.15, 0.2) is 0 Å². The first kappa shape index (κ1) is 19.6. The minimum absolute atomic E-state index is 0.0896. The fourth-order valence-corrected chi connectivity index (χ4v) is 3.85. The summed E-state index contributed by atoms with van der Waals surface area (Å²) in [6.45, 7) is 2.02. The number of hydrogen-bond acceptors (Lipinski definition) is 4. The normalized spacial score (nSPS) is 11.2. The molecule has 0 saturated heterocycles. The fourth-order valence-electron chi connectivity index (χ4n) is 3.85. The molecule has 2 heterocycles. The van der Waals surface area contributed by atoms with Crippen molar-refractivity contribution in [3.8, 4) is 5.69 Å². The van der Waals surface area contributed by atoms with Gasteiger partial charge in [-0.3, -0.25) is 9.59 Å². The smallest absolute Gasteiger partial charge is 0.260 e. The Labute approximate surface area is 183 Å². The van der Waals surface area contributed by atoms with Crippen molar-refractivity contribution in [2.75, 3.05) is 5.32 Å². The summed E-state index contributed by atoms with van der Waals surface area (Å²) in [7, 11) is 1.69. The number of amides is 1. The van der Waals surface area contributed by atoms with E-state index in [-0.39, 0.29) is 5.56 Å². The fraction of sp³-hybridized carbons (Fsp3) is 0.0800. The Morgan fingerprint density at radius 1 is 1.03 bits per heavy atom. The second-order valence-electron chi connectivity index (χ2n) is 7.84. The largest absolute Gasteiger partial charge is 0.366 e. The van der Waals surface area contributed by atoms with Crippen LogP contribution >= 0.6 is 0 Å². The Balaban J connectivity index is 1.57. The summed E-state index contributed by atoms with van der Waals surface area (Å²) in [4.78, 5) is 28.4. The number of aromatic nitrogens is 3. The van der Waals surface area contributed by atoms with E-state index in [0.717, 1.165) is 33.5 Å². The molecule has 3 aromatic carbocycles. The lowest BCUT2D eigenvalue weighted by atomic mass is 10.1. The summed E-state index contributed by atoms with van der Waals surface area (Å²) < 4.78 is 3.49. The number of carbonyl (C=O) groups excluding carboxylic acids is 1. The number of primary amides is 1. The minimum atomic E-state index is -0.456. The van der Waals surface area contributed by atoms with E-state index in [1.54, 1.807) is 19.2 Å². The second kappa shape index (κ2) is 7.39. The third-order valence-electron chi connectivity index (χ3n) is 5.67. The zero-order valence-corrected chi connectivity index (χ0v) is 17.7. The van der Waals surface area contributed by atoms with Gasteiger partial charge in [-0.1, -0.05) is 12.1 Å². The Hall–Kier alpha value is -4.39. The third-order valence-corrected chi connectivity index (χ3v) is 5.67. The van der Waals surface area contributed by atoms with Crippen LogP contribution in [0.1, 0.15) is 15.9 Å².